The molecule has 2 fully saturated rings. The molecule has 0 radical (unpaired) electrons. The van der Waals surface area contributed by atoms with Crippen molar-refractivity contribution in [3.8, 4) is 0 Å². The van der Waals surface area contributed by atoms with Crippen LogP contribution in [0.25, 0.3) is 0 Å². The first-order chi connectivity index (χ1) is 16.0. The number of carbonyl (C=O) groups excluding carboxylic acids is 2. The van der Waals surface area contributed by atoms with Gasteiger partial charge in [0.2, 0.25) is 0 Å². The van der Waals surface area contributed by atoms with E-state index in [0.717, 1.165) is 19.5 Å². The van der Waals surface area contributed by atoms with Crippen molar-refractivity contribution >= 4 is 29.2 Å². The van der Waals surface area contributed by atoms with E-state index in [9.17, 15) is 14.0 Å². The van der Waals surface area contributed by atoms with Crippen LogP contribution in [0.4, 0.5) is 14.9 Å². The number of hydrogen-bond donors (Lipinski definition) is 1. The minimum atomic E-state index is -0.351. The third-order valence-electron chi connectivity index (χ3n) is 5.93. The Balaban J connectivity index is 1.27. The van der Waals surface area contributed by atoms with Gasteiger partial charge < -0.3 is 19.9 Å². The normalized spacial score (nSPS) is 19.8. The van der Waals surface area contributed by atoms with Crippen LogP contribution < -0.4 is 5.32 Å². The Morgan fingerprint density at radius 1 is 1.03 bits per heavy atom. The number of nitrogens with one attached hydrogen (secondary N) is 1. The first-order valence-electron chi connectivity index (χ1n) is 11.2. The summed E-state index contributed by atoms with van der Waals surface area (Å²) < 4.78 is 19.1. The standard InChI is InChI=1S/C24H28ClFN4O3/c25-19-3-1-4-21(15-19)27-24(32)30-13-14-33-22(17-30)16-28-9-2-10-29(12-11-28)23(31)18-5-7-20(26)8-6-18/h1,3-8,15,22H,2,9-14,16-17H2,(H,27,32). The van der Waals surface area contributed by atoms with Crippen molar-refractivity contribution in [2.24, 2.45) is 0 Å². The third-order valence-corrected chi connectivity index (χ3v) is 6.17. The smallest absolute Gasteiger partial charge is 0.322 e. The van der Waals surface area contributed by atoms with Gasteiger partial charge in [-0.15, -0.1) is 0 Å². The fourth-order valence-electron chi connectivity index (χ4n) is 4.20. The summed E-state index contributed by atoms with van der Waals surface area (Å²) in [5.74, 6) is -0.425. The molecule has 3 amide bonds. The summed E-state index contributed by atoms with van der Waals surface area (Å²) in [6.45, 7) is 5.04. The zero-order chi connectivity index (χ0) is 23.2. The molecular weight excluding hydrogens is 447 g/mol. The van der Waals surface area contributed by atoms with Gasteiger partial charge in [0.25, 0.3) is 5.91 Å². The van der Waals surface area contributed by atoms with Gasteiger partial charge >= 0.3 is 6.03 Å². The molecular formula is C24H28ClFN4O3. The second-order valence-electron chi connectivity index (χ2n) is 8.33. The van der Waals surface area contributed by atoms with Gasteiger partial charge in [-0.05, 0) is 55.4 Å². The summed E-state index contributed by atoms with van der Waals surface area (Å²) in [6.07, 6.45) is 0.752. The number of halogens is 2. The molecule has 7 nitrogen and oxygen atoms in total. The summed E-state index contributed by atoms with van der Waals surface area (Å²) >= 11 is 6.00. The zero-order valence-electron chi connectivity index (χ0n) is 18.4. The van der Waals surface area contributed by atoms with E-state index < -0.39 is 0 Å². The van der Waals surface area contributed by atoms with E-state index in [-0.39, 0.29) is 23.9 Å². The average molecular weight is 475 g/mol. The number of rotatable bonds is 4. The van der Waals surface area contributed by atoms with Crippen LogP contribution in [0.15, 0.2) is 48.5 Å². The molecule has 0 spiro atoms. The SMILES string of the molecule is O=C(Nc1cccc(Cl)c1)N1CCOC(CN2CCCN(C(=O)c3ccc(F)cc3)CC2)C1. The van der Waals surface area contributed by atoms with Crippen molar-refractivity contribution in [3.05, 3.63) is 64.9 Å². The highest BCUT2D eigenvalue weighted by atomic mass is 35.5. The van der Waals surface area contributed by atoms with Crippen molar-refractivity contribution in [2.45, 2.75) is 12.5 Å². The maximum Gasteiger partial charge on any atom is 0.322 e. The van der Waals surface area contributed by atoms with Crippen molar-refractivity contribution in [2.75, 3.05) is 57.7 Å². The Morgan fingerprint density at radius 2 is 1.85 bits per heavy atom. The van der Waals surface area contributed by atoms with Crippen LogP contribution in [-0.2, 0) is 4.74 Å². The van der Waals surface area contributed by atoms with E-state index in [1.807, 2.05) is 4.90 Å². The molecule has 33 heavy (non-hydrogen) atoms. The number of amides is 3. The summed E-state index contributed by atoms with van der Waals surface area (Å²) in [5, 5.41) is 3.46. The molecule has 2 aliphatic rings. The Morgan fingerprint density at radius 3 is 2.64 bits per heavy atom. The molecule has 2 saturated heterocycles. The zero-order valence-corrected chi connectivity index (χ0v) is 19.1. The molecule has 176 valence electrons. The number of nitrogens with zero attached hydrogens (tertiary/aromatic N) is 3. The Bertz CT molecular complexity index is 974. The van der Waals surface area contributed by atoms with Crippen LogP contribution in [0.5, 0.6) is 0 Å². The van der Waals surface area contributed by atoms with Crippen LogP contribution in [0.1, 0.15) is 16.8 Å². The number of hydrogen-bond acceptors (Lipinski definition) is 4. The second kappa shape index (κ2) is 11.0. The topological polar surface area (TPSA) is 65.1 Å². The van der Waals surface area contributed by atoms with Crippen LogP contribution >= 0.6 is 11.6 Å². The summed E-state index contributed by atoms with van der Waals surface area (Å²) in [7, 11) is 0. The monoisotopic (exact) mass is 474 g/mol. The summed E-state index contributed by atoms with van der Waals surface area (Å²) in [5.41, 5.74) is 1.16. The maximum atomic E-state index is 13.2. The highest BCUT2D eigenvalue weighted by Gasteiger charge is 2.27. The predicted octanol–water partition coefficient (Wildman–Crippen LogP) is 3.56. The van der Waals surface area contributed by atoms with Gasteiger partial charge in [0.15, 0.2) is 0 Å². The first kappa shape index (κ1) is 23.5. The largest absolute Gasteiger partial charge is 0.373 e. The lowest BCUT2D eigenvalue weighted by atomic mass is 10.2. The van der Waals surface area contributed by atoms with Crippen molar-refractivity contribution in [3.63, 3.8) is 0 Å². The average Bonchev–Trinajstić information content (AvgIpc) is 3.05. The highest BCUT2D eigenvalue weighted by molar-refractivity contribution is 6.30. The van der Waals surface area contributed by atoms with E-state index in [1.54, 1.807) is 29.2 Å². The van der Waals surface area contributed by atoms with Crippen LogP contribution in [0, 0.1) is 5.82 Å². The molecule has 2 aliphatic heterocycles. The fraction of sp³-hybridized carbons (Fsp3) is 0.417. The molecule has 0 bridgehead atoms. The lowest BCUT2D eigenvalue weighted by molar-refractivity contribution is -0.0283. The lowest BCUT2D eigenvalue weighted by Gasteiger charge is -2.35. The van der Waals surface area contributed by atoms with Gasteiger partial charge in [-0.25, -0.2) is 9.18 Å². The lowest BCUT2D eigenvalue weighted by Crippen LogP contribution is -2.51. The molecule has 1 N–H and O–H groups in total. The minimum Gasteiger partial charge on any atom is -0.373 e. The molecule has 0 aromatic heterocycles. The Kier molecular flexibility index (Phi) is 7.80. The van der Waals surface area contributed by atoms with Gasteiger partial charge in [-0.3, -0.25) is 9.69 Å². The molecule has 2 aromatic rings. The van der Waals surface area contributed by atoms with Gasteiger partial charge in [0.1, 0.15) is 5.82 Å². The molecule has 0 aliphatic carbocycles. The Hall–Kier alpha value is -2.68. The minimum absolute atomic E-state index is 0.0744. The number of carbonyl (C=O) groups is 2. The molecule has 1 atom stereocenters. The Labute approximate surface area is 198 Å². The third kappa shape index (κ3) is 6.43. The van der Waals surface area contributed by atoms with E-state index in [2.05, 4.69) is 10.2 Å². The molecule has 4 rings (SSSR count). The second-order valence-corrected chi connectivity index (χ2v) is 8.77. The van der Waals surface area contributed by atoms with Crippen LogP contribution in [0.3, 0.4) is 0 Å². The van der Waals surface area contributed by atoms with Crippen LogP contribution in [0.2, 0.25) is 5.02 Å². The molecule has 2 heterocycles. The van der Waals surface area contributed by atoms with Gasteiger partial charge in [-0.1, -0.05) is 17.7 Å². The van der Waals surface area contributed by atoms with E-state index in [4.69, 9.17) is 16.3 Å². The number of benzene rings is 2. The predicted molar refractivity (Wildman–Crippen MR) is 125 cm³/mol. The molecule has 1 unspecified atom stereocenters. The fourth-order valence-corrected chi connectivity index (χ4v) is 4.39. The van der Waals surface area contributed by atoms with Gasteiger partial charge in [0, 0.05) is 55.5 Å². The summed E-state index contributed by atoms with van der Waals surface area (Å²) in [6, 6.07) is 12.6. The van der Waals surface area contributed by atoms with Crippen molar-refractivity contribution < 1.29 is 18.7 Å². The first-order valence-corrected chi connectivity index (χ1v) is 11.6. The number of anilines is 1. The van der Waals surface area contributed by atoms with Gasteiger partial charge in [-0.2, -0.15) is 0 Å². The molecule has 0 saturated carbocycles. The number of ether oxygens (including phenoxy) is 1. The quantitative estimate of drug-likeness (QED) is 0.736. The highest BCUT2D eigenvalue weighted by Crippen LogP contribution is 2.17. The van der Waals surface area contributed by atoms with E-state index in [0.29, 0.717) is 55.6 Å². The van der Waals surface area contributed by atoms with E-state index >= 15 is 0 Å². The maximum absolute atomic E-state index is 13.2. The number of urea groups is 1. The van der Waals surface area contributed by atoms with E-state index in [1.165, 1.54) is 24.3 Å². The van der Waals surface area contributed by atoms with Crippen LogP contribution in [-0.4, -0.2) is 85.2 Å². The van der Waals surface area contributed by atoms with Crippen molar-refractivity contribution in [1.29, 1.82) is 0 Å². The summed E-state index contributed by atoms with van der Waals surface area (Å²) in [4.78, 5) is 31.3. The van der Waals surface area contributed by atoms with Crippen molar-refractivity contribution in [1.82, 2.24) is 14.7 Å². The van der Waals surface area contributed by atoms with Gasteiger partial charge in [0.05, 0.1) is 12.7 Å². The molecule has 9 heteroatoms. The molecule has 2 aromatic carbocycles. The number of morpholine rings is 1.